The first-order valence-electron chi connectivity index (χ1n) is 13.1. The summed E-state index contributed by atoms with van der Waals surface area (Å²) in [4.78, 5) is 10.5. The first kappa shape index (κ1) is 26.1. The van der Waals surface area contributed by atoms with Gasteiger partial charge in [0.05, 0.1) is 6.61 Å². The second-order valence-electron chi connectivity index (χ2n) is 10.3. The van der Waals surface area contributed by atoms with Crippen LogP contribution in [0, 0.1) is 0 Å². The van der Waals surface area contributed by atoms with Crippen molar-refractivity contribution in [3.05, 3.63) is 54.1 Å². The summed E-state index contributed by atoms with van der Waals surface area (Å²) in [6.45, 7) is 1.53. The van der Waals surface area contributed by atoms with Crippen molar-refractivity contribution in [2.75, 3.05) is 19.5 Å². The van der Waals surface area contributed by atoms with E-state index in [-0.39, 0.29) is 23.3 Å². The van der Waals surface area contributed by atoms with E-state index in [1.165, 1.54) is 37.7 Å². The van der Waals surface area contributed by atoms with Gasteiger partial charge in [-0.3, -0.25) is 4.57 Å². The predicted octanol–water partition coefficient (Wildman–Crippen LogP) is 6.25. The third-order valence-corrected chi connectivity index (χ3v) is 9.67. The highest BCUT2D eigenvalue weighted by molar-refractivity contribution is 7.58. The van der Waals surface area contributed by atoms with Gasteiger partial charge in [-0.25, -0.2) is 0 Å². The molecule has 0 saturated heterocycles. The Hall–Kier alpha value is -2.01. The molecule has 0 radical (unpaired) electrons. The maximum Gasteiger partial charge on any atom is 0.239 e. The molecule has 2 aliphatic carbocycles. The second-order valence-corrected chi connectivity index (χ2v) is 12.8. The Morgan fingerprint density at radius 3 is 2.20 bits per heavy atom. The molecule has 0 aliphatic heterocycles. The zero-order valence-corrected chi connectivity index (χ0v) is 21.6. The van der Waals surface area contributed by atoms with Crippen LogP contribution in [0.1, 0.15) is 69.8 Å². The molecule has 4 rings (SSSR count). The van der Waals surface area contributed by atoms with Crippen molar-refractivity contribution in [2.24, 2.45) is 0 Å². The van der Waals surface area contributed by atoms with Crippen LogP contribution in [0.3, 0.4) is 0 Å². The van der Waals surface area contributed by atoms with Crippen LogP contribution in [0.2, 0.25) is 0 Å². The Labute approximate surface area is 209 Å². The van der Waals surface area contributed by atoms with Crippen LogP contribution in [0.15, 0.2) is 48.5 Å². The summed E-state index contributed by atoms with van der Waals surface area (Å²) in [5.41, 5.74) is 1.27. The highest BCUT2D eigenvalue weighted by Gasteiger charge is 2.34. The minimum atomic E-state index is -3.27. The number of rotatable bonds is 12. The Balaban J connectivity index is 1.23. The summed E-state index contributed by atoms with van der Waals surface area (Å²) in [5.74, 6) is 1.69. The van der Waals surface area contributed by atoms with Crippen molar-refractivity contribution in [1.82, 2.24) is 5.32 Å². The molecule has 1 atom stereocenters. The van der Waals surface area contributed by atoms with E-state index in [2.05, 4.69) is 17.4 Å². The van der Waals surface area contributed by atoms with Crippen LogP contribution in [-0.4, -0.2) is 40.7 Å². The number of hydrogen-bond donors (Lipinski definition) is 3. The number of nitrogens with one attached hydrogen (secondary N) is 1. The highest BCUT2D eigenvalue weighted by Crippen LogP contribution is 2.51. The van der Waals surface area contributed by atoms with E-state index in [9.17, 15) is 14.6 Å². The van der Waals surface area contributed by atoms with Gasteiger partial charge in [0, 0.05) is 11.2 Å². The summed E-state index contributed by atoms with van der Waals surface area (Å²) in [6.07, 6.45) is 11.6. The van der Waals surface area contributed by atoms with E-state index < -0.39 is 7.37 Å². The van der Waals surface area contributed by atoms with Gasteiger partial charge in [-0.05, 0) is 87.0 Å². The molecule has 6 nitrogen and oxygen atoms in total. The first-order valence-corrected chi connectivity index (χ1v) is 15.1. The monoisotopic (exact) mass is 501 g/mol. The fraction of sp³-hybridized carbons (Fsp3) is 0.571. The smallest absolute Gasteiger partial charge is 0.239 e. The summed E-state index contributed by atoms with van der Waals surface area (Å²) < 4.78 is 24.3. The molecule has 7 heteroatoms. The Bertz CT molecular complexity index is 950. The topological polar surface area (TPSA) is 88.0 Å². The normalized spacial score (nSPS) is 19.8. The number of aromatic hydroxyl groups is 1. The Morgan fingerprint density at radius 2 is 1.51 bits per heavy atom. The molecule has 2 aliphatic rings. The molecular weight excluding hydrogens is 461 g/mol. The number of benzene rings is 2. The zero-order chi connectivity index (χ0) is 24.6. The average molecular weight is 502 g/mol. The van der Waals surface area contributed by atoms with Crippen LogP contribution in [0.5, 0.6) is 17.2 Å². The highest BCUT2D eigenvalue weighted by atomic mass is 31.2. The van der Waals surface area contributed by atoms with Crippen LogP contribution >= 0.6 is 7.37 Å². The zero-order valence-electron chi connectivity index (χ0n) is 20.7. The number of phenols is 1. The van der Waals surface area contributed by atoms with Crippen LogP contribution in [-0.2, 0) is 11.0 Å². The lowest BCUT2D eigenvalue weighted by Crippen LogP contribution is -2.45. The minimum absolute atomic E-state index is 0.0886. The number of hydrogen-bond acceptors (Lipinski definition) is 5. The molecule has 35 heavy (non-hydrogen) atoms. The molecule has 2 aromatic carbocycles. The molecule has 2 saturated carbocycles. The fourth-order valence-corrected chi connectivity index (χ4v) is 7.19. The summed E-state index contributed by atoms with van der Waals surface area (Å²) in [6, 6.07) is 14.9. The largest absolute Gasteiger partial charge is 0.508 e. The molecular formula is C28H40NO5P. The van der Waals surface area contributed by atoms with Gasteiger partial charge < -0.3 is 24.8 Å². The lowest BCUT2D eigenvalue weighted by atomic mass is 9.89. The molecule has 0 amide bonds. The fourth-order valence-electron chi connectivity index (χ4n) is 5.48. The van der Waals surface area contributed by atoms with Crippen molar-refractivity contribution in [1.29, 1.82) is 0 Å². The average Bonchev–Trinajstić information content (AvgIpc) is 3.33. The van der Waals surface area contributed by atoms with E-state index in [1.54, 1.807) is 24.3 Å². The molecule has 0 heterocycles. The third-order valence-electron chi connectivity index (χ3n) is 7.51. The van der Waals surface area contributed by atoms with Crippen molar-refractivity contribution in [3.63, 3.8) is 0 Å². The molecule has 3 N–H and O–H groups in total. The summed E-state index contributed by atoms with van der Waals surface area (Å²) >= 11 is 0. The Morgan fingerprint density at radius 1 is 0.886 bits per heavy atom. The van der Waals surface area contributed by atoms with Gasteiger partial charge in [0.15, 0.2) is 6.35 Å². The first-order chi connectivity index (χ1) is 16.9. The summed E-state index contributed by atoms with van der Waals surface area (Å²) in [5, 5.41) is 13.2. The van der Waals surface area contributed by atoms with Gasteiger partial charge in [0.2, 0.25) is 7.37 Å². The lowest BCUT2D eigenvalue weighted by molar-refractivity contribution is 0.280. The van der Waals surface area contributed by atoms with Gasteiger partial charge in [-0.2, -0.15) is 0 Å². The van der Waals surface area contributed by atoms with Gasteiger partial charge in [-0.1, -0.05) is 44.2 Å². The third kappa shape index (κ3) is 7.73. The quantitative estimate of drug-likeness (QED) is 0.236. The SMILES string of the molecule is O=P(O)(COc1ccc(CC2(NCCCOc3ccc(O)cc3)CCCC2)cc1)C1CCCCC1. The minimum Gasteiger partial charge on any atom is -0.508 e. The molecule has 0 aromatic heterocycles. The molecule has 1 unspecified atom stereocenters. The van der Waals surface area contributed by atoms with Gasteiger partial charge in [-0.15, -0.1) is 0 Å². The Kier molecular flexibility index (Phi) is 9.16. The van der Waals surface area contributed by atoms with Crippen molar-refractivity contribution < 1.29 is 24.0 Å². The summed E-state index contributed by atoms with van der Waals surface area (Å²) in [7, 11) is -3.27. The maximum atomic E-state index is 12.7. The van der Waals surface area contributed by atoms with Crippen LogP contribution in [0.25, 0.3) is 0 Å². The van der Waals surface area contributed by atoms with Crippen molar-refractivity contribution >= 4 is 7.37 Å². The molecule has 2 aromatic rings. The van der Waals surface area contributed by atoms with E-state index in [4.69, 9.17) is 9.47 Å². The number of phenolic OH excluding ortho intramolecular Hbond substituents is 1. The molecule has 0 spiro atoms. The van der Waals surface area contributed by atoms with Crippen molar-refractivity contribution in [3.8, 4) is 17.2 Å². The van der Waals surface area contributed by atoms with E-state index in [0.29, 0.717) is 12.4 Å². The van der Waals surface area contributed by atoms with Crippen molar-refractivity contribution in [2.45, 2.75) is 81.8 Å². The predicted molar refractivity (Wildman–Crippen MR) is 140 cm³/mol. The number of ether oxygens (including phenoxy) is 2. The van der Waals surface area contributed by atoms with E-state index in [0.717, 1.165) is 50.8 Å². The lowest BCUT2D eigenvalue weighted by Gasteiger charge is -2.31. The molecule has 2 fully saturated rings. The maximum absolute atomic E-state index is 12.7. The molecule has 192 valence electrons. The second kappa shape index (κ2) is 12.3. The van der Waals surface area contributed by atoms with E-state index in [1.807, 2.05) is 12.1 Å². The van der Waals surface area contributed by atoms with Crippen LogP contribution in [0.4, 0.5) is 0 Å². The van der Waals surface area contributed by atoms with Gasteiger partial charge in [0.25, 0.3) is 0 Å². The van der Waals surface area contributed by atoms with Gasteiger partial charge >= 0.3 is 0 Å². The van der Waals surface area contributed by atoms with Crippen LogP contribution < -0.4 is 14.8 Å². The molecule has 0 bridgehead atoms. The van der Waals surface area contributed by atoms with Gasteiger partial charge in [0.1, 0.15) is 17.2 Å². The van der Waals surface area contributed by atoms with E-state index >= 15 is 0 Å². The standard InChI is InChI=1S/C28H40NO5P/c30-24-11-15-25(16-12-24)33-20-6-19-29-28(17-4-5-18-28)21-23-9-13-26(14-10-23)34-22-35(31,32)27-7-2-1-3-8-27/h9-16,27,29-30H,1-8,17-22H2,(H,31,32).